The van der Waals surface area contributed by atoms with Gasteiger partial charge >= 0.3 is 0 Å². The molecule has 1 aromatic heterocycles. The van der Waals surface area contributed by atoms with Crippen LogP contribution in [0, 0.1) is 13.8 Å². The Kier molecular flexibility index (Phi) is 5.79. The SMILES string of the molecule is CCSc1nnc2c(n1)O[C@@H](c1ccccc1Br)N(C(C)=O)c1c(C)cc(C)cc1-2. The number of halogens is 1. The van der Waals surface area contributed by atoms with Crippen molar-refractivity contribution >= 4 is 39.3 Å². The molecular formula is C22H21BrN4O2S. The maximum atomic E-state index is 12.9. The van der Waals surface area contributed by atoms with Crippen LogP contribution in [0.15, 0.2) is 46.0 Å². The molecule has 2 heterocycles. The van der Waals surface area contributed by atoms with E-state index in [0.29, 0.717) is 16.7 Å². The van der Waals surface area contributed by atoms with E-state index < -0.39 is 6.23 Å². The molecule has 3 aromatic rings. The van der Waals surface area contributed by atoms with Crippen LogP contribution in [0.5, 0.6) is 5.88 Å². The van der Waals surface area contributed by atoms with Gasteiger partial charge in [-0.15, -0.1) is 10.2 Å². The number of fused-ring (bicyclic) bond motifs is 3. The van der Waals surface area contributed by atoms with E-state index in [0.717, 1.165) is 38.2 Å². The van der Waals surface area contributed by atoms with Gasteiger partial charge in [0, 0.05) is 22.5 Å². The Morgan fingerprint density at radius 1 is 1.23 bits per heavy atom. The summed E-state index contributed by atoms with van der Waals surface area (Å²) in [5, 5.41) is 9.28. The van der Waals surface area contributed by atoms with E-state index >= 15 is 0 Å². The highest BCUT2D eigenvalue weighted by molar-refractivity contribution is 9.10. The van der Waals surface area contributed by atoms with E-state index in [1.54, 1.807) is 11.8 Å². The van der Waals surface area contributed by atoms with Gasteiger partial charge in [-0.25, -0.2) is 0 Å². The molecule has 30 heavy (non-hydrogen) atoms. The predicted molar refractivity (Wildman–Crippen MR) is 122 cm³/mol. The topological polar surface area (TPSA) is 68.2 Å². The number of anilines is 1. The standard InChI is InChI=1S/C22H21BrN4O2S/c1-5-30-22-24-20-18(25-26-22)16-11-12(2)10-13(3)19(16)27(14(4)28)21(29-20)15-8-6-7-9-17(15)23/h6-11,21H,5H2,1-4H3/t21-/m0/s1. The highest BCUT2D eigenvalue weighted by atomic mass is 79.9. The molecule has 1 atom stereocenters. The number of benzene rings is 2. The number of hydrogen-bond donors (Lipinski definition) is 0. The maximum Gasteiger partial charge on any atom is 0.247 e. The van der Waals surface area contributed by atoms with E-state index in [-0.39, 0.29) is 5.91 Å². The second kappa shape index (κ2) is 8.35. The van der Waals surface area contributed by atoms with Crippen molar-refractivity contribution in [3.8, 4) is 17.1 Å². The first-order chi connectivity index (χ1) is 14.4. The van der Waals surface area contributed by atoms with Gasteiger partial charge in [-0.2, -0.15) is 4.98 Å². The fraction of sp³-hybridized carbons (Fsp3) is 0.273. The van der Waals surface area contributed by atoms with Gasteiger partial charge in [0.2, 0.25) is 23.2 Å². The fourth-order valence-electron chi connectivity index (χ4n) is 3.68. The van der Waals surface area contributed by atoms with Crippen LogP contribution in [-0.2, 0) is 4.79 Å². The number of aromatic nitrogens is 3. The van der Waals surface area contributed by atoms with Crippen molar-refractivity contribution in [3.05, 3.63) is 57.6 Å². The average molecular weight is 485 g/mol. The summed E-state index contributed by atoms with van der Waals surface area (Å²) in [5.74, 6) is 1.06. The quantitative estimate of drug-likeness (QED) is 0.458. The van der Waals surface area contributed by atoms with Gasteiger partial charge in [-0.1, -0.05) is 64.4 Å². The Labute approximate surface area is 188 Å². The molecule has 2 aromatic carbocycles. The summed E-state index contributed by atoms with van der Waals surface area (Å²) in [4.78, 5) is 19.3. The van der Waals surface area contributed by atoms with Gasteiger partial charge in [0.15, 0.2) is 5.69 Å². The van der Waals surface area contributed by atoms with Crippen molar-refractivity contribution in [2.45, 2.75) is 39.1 Å². The number of aryl methyl sites for hydroxylation is 2. The molecule has 0 aliphatic carbocycles. The summed E-state index contributed by atoms with van der Waals surface area (Å²) in [5.41, 5.74) is 4.95. The van der Waals surface area contributed by atoms with E-state index in [9.17, 15) is 4.79 Å². The van der Waals surface area contributed by atoms with E-state index in [2.05, 4.69) is 37.2 Å². The molecule has 0 saturated carbocycles. The minimum Gasteiger partial charge on any atom is -0.447 e. The maximum absolute atomic E-state index is 12.9. The lowest BCUT2D eigenvalue weighted by atomic mass is 10.00. The molecule has 0 fully saturated rings. The molecule has 4 rings (SSSR count). The lowest BCUT2D eigenvalue weighted by molar-refractivity contribution is -0.118. The van der Waals surface area contributed by atoms with Gasteiger partial charge in [-0.3, -0.25) is 9.69 Å². The largest absolute Gasteiger partial charge is 0.447 e. The molecule has 0 unspecified atom stereocenters. The highest BCUT2D eigenvalue weighted by Crippen LogP contribution is 2.46. The van der Waals surface area contributed by atoms with Gasteiger partial charge < -0.3 is 4.74 Å². The number of carbonyl (C=O) groups excluding carboxylic acids is 1. The lowest BCUT2D eigenvalue weighted by Crippen LogP contribution is -2.36. The number of nitrogens with zero attached hydrogens (tertiary/aromatic N) is 4. The zero-order valence-electron chi connectivity index (χ0n) is 17.1. The van der Waals surface area contributed by atoms with Gasteiger partial charge in [0.05, 0.1) is 5.69 Å². The highest BCUT2D eigenvalue weighted by Gasteiger charge is 2.36. The number of hydrogen-bond acceptors (Lipinski definition) is 6. The Morgan fingerprint density at radius 3 is 2.70 bits per heavy atom. The molecule has 0 radical (unpaired) electrons. The molecular weight excluding hydrogens is 464 g/mol. The van der Waals surface area contributed by atoms with Crippen LogP contribution < -0.4 is 9.64 Å². The zero-order chi connectivity index (χ0) is 21.4. The van der Waals surface area contributed by atoms with Crippen LogP contribution in [0.4, 0.5) is 5.69 Å². The number of ether oxygens (including phenoxy) is 1. The summed E-state index contributed by atoms with van der Waals surface area (Å²) in [6.07, 6.45) is -0.698. The Balaban J connectivity index is 2.04. The van der Waals surface area contributed by atoms with Crippen molar-refractivity contribution in [1.29, 1.82) is 0 Å². The van der Waals surface area contributed by atoms with Crippen LogP contribution in [0.1, 0.15) is 36.8 Å². The van der Waals surface area contributed by atoms with Crippen molar-refractivity contribution in [2.24, 2.45) is 0 Å². The van der Waals surface area contributed by atoms with Crippen LogP contribution >= 0.6 is 27.7 Å². The number of carbonyl (C=O) groups is 1. The molecule has 0 N–H and O–H groups in total. The molecule has 1 aliphatic rings. The fourth-order valence-corrected chi connectivity index (χ4v) is 4.66. The Hall–Kier alpha value is -2.45. The molecule has 0 bridgehead atoms. The van der Waals surface area contributed by atoms with Crippen LogP contribution in [0.25, 0.3) is 11.3 Å². The third-order valence-electron chi connectivity index (χ3n) is 4.82. The average Bonchev–Trinajstić information content (AvgIpc) is 2.83. The molecule has 0 saturated heterocycles. The molecule has 1 aliphatic heterocycles. The molecule has 0 spiro atoms. The van der Waals surface area contributed by atoms with Crippen molar-refractivity contribution in [1.82, 2.24) is 15.2 Å². The van der Waals surface area contributed by atoms with Gasteiger partial charge in [0.25, 0.3) is 0 Å². The van der Waals surface area contributed by atoms with Crippen molar-refractivity contribution in [2.75, 3.05) is 10.7 Å². The third kappa shape index (κ3) is 3.70. The summed E-state index contributed by atoms with van der Waals surface area (Å²) >= 11 is 5.11. The molecule has 8 heteroatoms. The molecule has 1 amide bonds. The predicted octanol–water partition coefficient (Wildman–Crippen LogP) is 5.47. The summed E-state index contributed by atoms with van der Waals surface area (Å²) in [6, 6.07) is 11.8. The van der Waals surface area contributed by atoms with Gasteiger partial charge in [-0.05, 0) is 37.3 Å². The van der Waals surface area contributed by atoms with Crippen molar-refractivity contribution in [3.63, 3.8) is 0 Å². The van der Waals surface area contributed by atoms with Crippen LogP contribution in [-0.4, -0.2) is 26.8 Å². The molecule has 6 nitrogen and oxygen atoms in total. The third-order valence-corrected chi connectivity index (χ3v) is 6.26. The van der Waals surface area contributed by atoms with E-state index in [1.807, 2.05) is 51.1 Å². The first-order valence-corrected chi connectivity index (χ1v) is 11.4. The smallest absolute Gasteiger partial charge is 0.247 e. The minimum absolute atomic E-state index is 0.132. The minimum atomic E-state index is -0.698. The van der Waals surface area contributed by atoms with Crippen LogP contribution in [0.2, 0.25) is 0 Å². The zero-order valence-corrected chi connectivity index (χ0v) is 19.5. The summed E-state index contributed by atoms with van der Waals surface area (Å²) in [6.45, 7) is 7.59. The van der Waals surface area contributed by atoms with Crippen molar-refractivity contribution < 1.29 is 9.53 Å². The number of rotatable bonds is 3. The lowest BCUT2D eigenvalue weighted by Gasteiger charge is -2.31. The summed E-state index contributed by atoms with van der Waals surface area (Å²) < 4.78 is 7.26. The second-order valence-corrected chi connectivity index (χ2v) is 9.13. The second-order valence-electron chi connectivity index (χ2n) is 7.04. The Bertz CT molecular complexity index is 1140. The van der Waals surface area contributed by atoms with E-state index in [1.165, 1.54) is 11.8 Å². The normalized spacial score (nSPS) is 15.1. The molecule has 154 valence electrons. The first-order valence-electron chi connectivity index (χ1n) is 9.60. The van der Waals surface area contributed by atoms with E-state index in [4.69, 9.17) is 4.74 Å². The van der Waals surface area contributed by atoms with Gasteiger partial charge in [0.1, 0.15) is 0 Å². The monoisotopic (exact) mass is 484 g/mol. The summed E-state index contributed by atoms with van der Waals surface area (Å²) in [7, 11) is 0. The Morgan fingerprint density at radius 2 is 2.00 bits per heavy atom. The van der Waals surface area contributed by atoms with Crippen LogP contribution in [0.3, 0.4) is 0 Å². The first kappa shape index (κ1) is 20.8. The number of thioether (sulfide) groups is 1. The number of amides is 1.